The first-order chi connectivity index (χ1) is 9.04. The number of nitrogens with one attached hydrogen (secondary N) is 2. The molecule has 0 spiro atoms. The molecule has 9 nitrogen and oxygen atoms in total. The van der Waals surface area contributed by atoms with Gasteiger partial charge in [-0.25, -0.2) is 4.98 Å². The highest BCUT2D eigenvalue weighted by Gasteiger charge is 2.16. The molecule has 9 heteroatoms. The number of nitrogens with two attached hydrogens (primary N) is 1. The number of nitrogens with zero attached hydrogens (tertiary/aromatic N) is 3. The Morgan fingerprint density at radius 1 is 1.53 bits per heavy atom. The zero-order valence-electron chi connectivity index (χ0n) is 10.5. The molecule has 0 fully saturated rings. The molecule has 0 atom stereocenters. The van der Waals surface area contributed by atoms with Crippen molar-refractivity contribution in [1.29, 1.82) is 0 Å². The fourth-order valence-corrected chi connectivity index (χ4v) is 1.30. The van der Waals surface area contributed by atoms with Crippen molar-refractivity contribution >= 4 is 23.4 Å². The van der Waals surface area contributed by atoms with Crippen molar-refractivity contribution < 1.29 is 9.72 Å². The first kappa shape index (κ1) is 14.6. The number of aromatic nitrogens is 2. The van der Waals surface area contributed by atoms with E-state index in [1.165, 1.54) is 0 Å². The minimum atomic E-state index is -0.612. The summed E-state index contributed by atoms with van der Waals surface area (Å²) in [6.45, 7) is 2.79. The van der Waals surface area contributed by atoms with Crippen molar-refractivity contribution in [2.75, 3.05) is 24.1 Å². The predicted octanol–water partition coefficient (Wildman–Crippen LogP) is 0.295. The second-order valence-corrected chi connectivity index (χ2v) is 3.75. The number of anilines is 2. The van der Waals surface area contributed by atoms with Crippen LogP contribution in [0.4, 0.5) is 17.5 Å². The molecule has 4 N–H and O–H groups in total. The third-order valence-corrected chi connectivity index (χ3v) is 2.20. The number of hydrogen-bond acceptors (Lipinski definition) is 7. The minimum Gasteiger partial charge on any atom is -0.368 e. The first-order valence-electron chi connectivity index (χ1n) is 5.82. The Morgan fingerprint density at radius 2 is 2.26 bits per heavy atom. The van der Waals surface area contributed by atoms with Crippen molar-refractivity contribution in [3.63, 3.8) is 0 Å². The van der Waals surface area contributed by atoms with Crippen LogP contribution in [0, 0.1) is 10.1 Å². The molecule has 0 saturated heterocycles. The van der Waals surface area contributed by atoms with Crippen molar-refractivity contribution in [2.24, 2.45) is 0 Å². The maximum absolute atomic E-state index is 11.3. The molecule has 104 valence electrons. The zero-order chi connectivity index (χ0) is 14.3. The molecular weight excluding hydrogens is 252 g/mol. The van der Waals surface area contributed by atoms with Crippen LogP contribution in [-0.4, -0.2) is 33.9 Å². The minimum absolute atomic E-state index is 0.0146. The molecule has 19 heavy (non-hydrogen) atoms. The van der Waals surface area contributed by atoms with E-state index >= 15 is 0 Å². The van der Waals surface area contributed by atoms with Gasteiger partial charge in [0.1, 0.15) is 6.20 Å². The van der Waals surface area contributed by atoms with Gasteiger partial charge in [-0.2, -0.15) is 4.98 Å². The fraction of sp³-hybridized carbons (Fsp3) is 0.500. The topological polar surface area (TPSA) is 136 Å². The Hall–Kier alpha value is -2.45. The molecule has 0 radical (unpaired) electrons. The molecule has 1 heterocycles. The summed E-state index contributed by atoms with van der Waals surface area (Å²) in [6.07, 6.45) is 2.08. The Balaban J connectivity index is 2.55. The number of amides is 1. The van der Waals surface area contributed by atoms with Crippen molar-refractivity contribution in [1.82, 2.24) is 15.3 Å². The summed E-state index contributed by atoms with van der Waals surface area (Å²) >= 11 is 0. The van der Waals surface area contributed by atoms with Gasteiger partial charge in [0.2, 0.25) is 17.7 Å². The van der Waals surface area contributed by atoms with Crippen molar-refractivity contribution in [3.05, 3.63) is 16.3 Å². The number of hydrogen-bond donors (Lipinski definition) is 3. The summed E-state index contributed by atoms with van der Waals surface area (Å²) in [5.74, 6) is -0.177. The van der Waals surface area contributed by atoms with Crippen LogP contribution in [0.3, 0.4) is 0 Å². The van der Waals surface area contributed by atoms with E-state index < -0.39 is 4.92 Å². The van der Waals surface area contributed by atoms with Gasteiger partial charge in [-0.1, -0.05) is 6.92 Å². The number of rotatable bonds is 7. The monoisotopic (exact) mass is 268 g/mol. The van der Waals surface area contributed by atoms with Crippen LogP contribution < -0.4 is 16.4 Å². The molecule has 1 amide bonds. The second kappa shape index (κ2) is 7.09. The maximum Gasteiger partial charge on any atom is 0.329 e. The molecule has 0 aromatic carbocycles. The highest BCUT2D eigenvalue weighted by Crippen LogP contribution is 2.20. The number of nitro groups is 1. The van der Waals surface area contributed by atoms with Gasteiger partial charge in [0, 0.05) is 19.5 Å². The third kappa shape index (κ3) is 4.74. The average Bonchev–Trinajstić information content (AvgIpc) is 2.36. The lowest BCUT2D eigenvalue weighted by Crippen LogP contribution is -2.26. The summed E-state index contributed by atoms with van der Waals surface area (Å²) in [5.41, 5.74) is 5.09. The fourth-order valence-electron chi connectivity index (χ4n) is 1.30. The molecule has 0 saturated carbocycles. The van der Waals surface area contributed by atoms with Crippen LogP contribution >= 0.6 is 0 Å². The predicted molar refractivity (Wildman–Crippen MR) is 69.5 cm³/mol. The molecule has 0 bridgehead atoms. The zero-order valence-corrected chi connectivity index (χ0v) is 10.5. The smallest absolute Gasteiger partial charge is 0.329 e. The molecule has 0 aliphatic heterocycles. The summed E-state index contributed by atoms with van der Waals surface area (Å²) in [4.78, 5) is 28.7. The Bertz CT molecular complexity index is 465. The Labute approximate surface area is 109 Å². The van der Waals surface area contributed by atoms with E-state index in [1.807, 2.05) is 6.92 Å². The van der Waals surface area contributed by atoms with E-state index in [9.17, 15) is 14.9 Å². The van der Waals surface area contributed by atoms with Crippen LogP contribution in [0.25, 0.3) is 0 Å². The van der Waals surface area contributed by atoms with Gasteiger partial charge in [-0.3, -0.25) is 14.9 Å². The number of carbonyl (C=O) groups excluding carboxylic acids is 1. The SMILES string of the molecule is CCCNC(=O)CCNc1nc(N)ncc1[N+](=O)[O-]. The lowest BCUT2D eigenvalue weighted by atomic mass is 10.3. The molecule has 1 aromatic rings. The lowest BCUT2D eigenvalue weighted by molar-refractivity contribution is -0.384. The van der Waals surface area contributed by atoms with Gasteiger partial charge >= 0.3 is 5.69 Å². The third-order valence-electron chi connectivity index (χ3n) is 2.20. The molecular formula is C10H16N6O3. The second-order valence-electron chi connectivity index (χ2n) is 3.75. The molecule has 0 aliphatic carbocycles. The van der Waals surface area contributed by atoms with Crippen LogP contribution in [0.5, 0.6) is 0 Å². The van der Waals surface area contributed by atoms with Gasteiger partial charge in [-0.05, 0) is 6.42 Å². The standard InChI is InChI=1S/C10H16N6O3/c1-2-4-12-8(17)3-5-13-9-7(16(18)19)6-14-10(11)15-9/h6H,2-5H2,1H3,(H,12,17)(H3,11,13,14,15). The largest absolute Gasteiger partial charge is 0.368 e. The molecule has 1 aromatic heterocycles. The number of nitrogen functional groups attached to an aromatic ring is 1. The van der Waals surface area contributed by atoms with Crippen LogP contribution in [0.15, 0.2) is 6.20 Å². The normalized spacial score (nSPS) is 9.95. The van der Waals surface area contributed by atoms with E-state index in [-0.39, 0.29) is 36.3 Å². The van der Waals surface area contributed by atoms with Crippen molar-refractivity contribution in [3.8, 4) is 0 Å². The highest BCUT2D eigenvalue weighted by molar-refractivity contribution is 5.76. The van der Waals surface area contributed by atoms with E-state index in [1.54, 1.807) is 0 Å². The van der Waals surface area contributed by atoms with Crippen LogP contribution in [0.1, 0.15) is 19.8 Å². The van der Waals surface area contributed by atoms with E-state index in [2.05, 4.69) is 20.6 Å². The van der Waals surface area contributed by atoms with E-state index in [0.717, 1.165) is 12.6 Å². The van der Waals surface area contributed by atoms with Gasteiger partial charge in [0.15, 0.2) is 0 Å². The summed E-state index contributed by atoms with van der Waals surface area (Å²) in [5, 5.41) is 16.1. The van der Waals surface area contributed by atoms with Crippen LogP contribution in [0.2, 0.25) is 0 Å². The van der Waals surface area contributed by atoms with E-state index in [0.29, 0.717) is 6.54 Å². The van der Waals surface area contributed by atoms with Gasteiger partial charge in [0.25, 0.3) is 0 Å². The van der Waals surface area contributed by atoms with E-state index in [4.69, 9.17) is 5.73 Å². The first-order valence-corrected chi connectivity index (χ1v) is 5.82. The highest BCUT2D eigenvalue weighted by atomic mass is 16.6. The molecule has 0 aliphatic rings. The van der Waals surface area contributed by atoms with Gasteiger partial charge in [0.05, 0.1) is 4.92 Å². The Kier molecular flexibility index (Phi) is 5.45. The van der Waals surface area contributed by atoms with Gasteiger partial charge in [-0.15, -0.1) is 0 Å². The molecule has 0 unspecified atom stereocenters. The number of carbonyl (C=O) groups is 1. The lowest BCUT2D eigenvalue weighted by Gasteiger charge is -2.06. The summed E-state index contributed by atoms with van der Waals surface area (Å²) in [6, 6.07) is 0. The maximum atomic E-state index is 11.3. The van der Waals surface area contributed by atoms with Crippen molar-refractivity contribution in [2.45, 2.75) is 19.8 Å². The van der Waals surface area contributed by atoms with Gasteiger partial charge < -0.3 is 16.4 Å². The average molecular weight is 268 g/mol. The summed E-state index contributed by atoms with van der Waals surface area (Å²) in [7, 11) is 0. The quantitative estimate of drug-likeness (QED) is 0.477. The summed E-state index contributed by atoms with van der Waals surface area (Å²) < 4.78 is 0. The Morgan fingerprint density at radius 3 is 2.89 bits per heavy atom. The molecule has 1 rings (SSSR count). The van der Waals surface area contributed by atoms with Crippen LogP contribution in [-0.2, 0) is 4.79 Å².